The number of nitrogens with zero attached hydrogens (tertiary/aromatic N) is 1. The number of hydrogen-bond acceptors (Lipinski definition) is 6. The van der Waals surface area contributed by atoms with Crippen molar-refractivity contribution in [2.45, 2.75) is 20.3 Å². The van der Waals surface area contributed by atoms with Crippen LogP contribution in [0.3, 0.4) is 0 Å². The fourth-order valence-corrected chi connectivity index (χ4v) is 3.38. The monoisotopic (exact) mass is 385 g/mol. The Balaban J connectivity index is 1.69. The van der Waals surface area contributed by atoms with E-state index in [0.29, 0.717) is 23.8 Å². The van der Waals surface area contributed by atoms with Gasteiger partial charge in [-0.15, -0.1) is 11.3 Å². The predicted molar refractivity (Wildman–Crippen MR) is 100 cm³/mol. The van der Waals surface area contributed by atoms with Crippen molar-refractivity contribution in [3.8, 4) is 0 Å². The molecule has 0 saturated heterocycles. The van der Waals surface area contributed by atoms with Crippen LogP contribution in [0.25, 0.3) is 0 Å². The maximum Gasteiger partial charge on any atom is 0.338 e. The van der Waals surface area contributed by atoms with Crippen LogP contribution in [0.15, 0.2) is 35.7 Å². The molecule has 2 aromatic rings. The van der Waals surface area contributed by atoms with Gasteiger partial charge in [0.05, 0.1) is 21.6 Å². The normalized spacial score (nSPS) is 13.2. The molecule has 6 nitrogen and oxygen atoms in total. The molecule has 1 aromatic heterocycles. The Morgan fingerprint density at radius 2 is 1.85 bits per heavy atom. The Morgan fingerprint density at radius 1 is 1.11 bits per heavy atom. The Labute approximate surface area is 160 Å². The van der Waals surface area contributed by atoms with Gasteiger partial charge in [0.15, 0.2) is 6.61 Å². The summed E-state index contributed by atoms with van der Waals surface area (Å²) in [6, 6.07) is 7.67. The van der Waals surface area contributed by atoms with E-state index in [4.69, 9.17) is 4.74 Å². The number of hydrogen-bond donors (Lipinski definition) is 0. The number of fused-ring (bicyclic) bond motifs is 1. The zero-order chi connectivity index (χ0) is 19.6. The van der Waals surface area contributed by atoms with Gasteiger partial charge in [-0.3, -0.25) is 19.3 Å². The zero-order valence-corrected chi connectivity index (χ0v) is 15.9. The third-order valence-corrected chi connectivity index (χ3v) is 5.18. The number of ether oxygens (including phenoxy) is 1. The lowest BCUT2D eigenvalue weighted by molar-refractivity contribution is 0.0475. The molecule has 0 bridgehead atoms. The highest BCUT2D eigenvalue weighted by Crippen LogP contribution is 2.25. The molecule has 0 saturated carbocycles. The average molecular weight is 385 g/mol. The van der Waals surface area contributed by atoms with Crippen molar-refractivity contribution >= 4 is 34.9 Å². The fourth-order valence-electron chi connectivity index (χ4n) is 2.73. The van der Waals surface area contributed by atoms with E-state index in [0.717, 1.165) is 0 Å². The first-order valence-corrected chi connectivity index (χ1v) is 9.50. The van der Waals surface area contributed by atoms with Gasteiger partial charge in [0.25, 0.3) is 11.8 Å². The smallest absolute Gasteiger partial charge is 0.338 e. The molecule has 0 spiro atoms. The first-order chi connectivity index (χ1) is 12.9. The lowest BCUT2D eigenvalue weighted by atomic mass is 10.1. The number of imide groups is 1. The highest BCUT2D eigenvalue weighted by atomic mass is 32.1. The van der Waals surface area contributed by atoms with E-state index in [1.165, 1.54) is 34.4 Å². The van der Waals surface area contributed by atoms with Gasteiger partial charge >= 0.3 is 5.97 Å². The largest absolute Gasteiger partial charge is 0.454 e. The highest BCUT2D eigenvalue weighted by molar-refractivity contribution is 7.12. The third kappa shape index (κ3) is 3.98. The molecule has 0 aliphatic carbocycles. The van der Waals surface area contributed by atoms with Gasteiger partial charge in [-0.05, 0) is 42.0 Å². The van der Waals surface area contributed by atoms with E-state index < -0.39 is 11.9 Å². The molecule has 3 rings (SSSR count). The number of Topliss-reactive ketones (excluding diaryl/α,β-unsaturated/α-hetero) is 1. The Bertz CT molecular complexity index is 901. The van der Waals surface area contributed by atoms with Gasteiger partial charge in [0.2, 0.25) is 5.78 Å². The summed E-state index contributed by atoms with van der Waals surface area (Å²) in [5, 5.41) is 1.77. The van der Waals surface area contributed by atoms with Crippen molar-refractivity contribution in [3.63, 3.8) is 0 Å². The van der Waals surface area contributed by atoms with Gasteiger partial charge < -0.3 is 4.74 Å². The van der Waals surface area contributed by atoms with Crippen LogP contribution >= 0.6 is 11.3 Å². The maximum atomic E-state index is 12.5. The molecule has 7 heteroatoms. The Hall–Kier alpha value is -2.80. The topological polar surface area (TPSA) is 80.8 Å². The van der Waals surface area contributed by atoms with Crippen molar-refractivity contribution in [2.24, 2.45) is 5.92 Å². The van der Waals surface area contributed by atoms with Crippen LogP contribution in [0.2, 0.25) is 0 Å². The van der Waals surface area contributed by atoms with Crippen LogP contribution in [0, 0.1) is 5.92 Å². The van der Waals surface area contributed by atoms with E-state index >= 15 is 0 Å². The SMILES string of the molecule is CC(C)CCN1C(=O)c2ccc(C(=O)OCC(=O)c3cccs3)cc2C1=O. The van der Waals surface area contributed by atoms with Gasteiger partial charge in [-0.1, -0.05) is 19.9 Å². The number of thiophene rings is 1. The summed E-state index contributed by atoms with van der Waals surface area (Å²) in [6.45, 7) is 4.01. The molecular formula is C20H19NO5S. The van der Waals surface area contributed by atoms with E-state index in [1.807, 2.05) is 13.8 Å². The maximum absolute atomic E-state index is 12.5. The molecule has 0 radical (unpaired) electrons. The minimum atomic E-state index is -0.705. The van der Waals surface area contributed by atoms with E-state index in [-0.39, 0.29) is 35.0 Å². The van der Waals surface area contributed by atoms with Crippen LogP contribution in [0.5, 0.6) is 0 Å². The number of esters is 1. The van der Waals surface area contributed by atoms with Crippen molar-refractivity contribution in [3.05, 3.63) is 57.3 Å². The molecule has 1 aliphatic heterocycles. The van der Waals surface area contributed by atoms with Crippen LogP contribution in [0.4, 0.5) is 0 Å². The summed E-state index contributed by atoms with van der Waals surface area (Å²) < 4.78 is 5.05. The molecule has 27 heavy (non-hydrogen) atoms. The Kier molecular flexibility index (Phi) is 5.51. The Morgan fingerprint density at radius 3 is 2.52 bits per heavy atom. The zero-order valence-electron chi connectivity index (χ0n) is 15.1. The minimum Gasteiger partial charge on any atom is -0.454 e. The van der Waals surface area contributed by atoms with Gasteiger partial charge in [0, 0.05) is 6.54 Å². The highest BCUT2D eigenvalue weighted by Gasteiger charge is 2.35. The molecule has 2 amide bonds. The van der Waals surface area contributed by atoms with Crippen molar-refractivity contribution in [1.29, 1.82) is 0 Å². The lowest BCUT2D eigenvalue weighted by Gasteiger charge is -2.14. The molecule has 2 heterocycles. The molecule has 140 valence electrons. The summed E-state index contributed by atoms with van der Waals surface area (Å²) in [7, 11) is 0. The van der Waals surface area contributed by atoms with Crippen molar-refractivity contribution in [1.82, 2.24) is 4.90 Å². The summed E-state index contributed by atoms with van der Waals surface area (Å²) >= 11 is 1.27. The lowest BCUT2D eigenvalue weighted by Crippen LogP contribution is -2.31. The van der Waals surface area contributed by atoms with Crippen molar-refractivity contribution in [2.75, 3.05) is 13.2 Å². The fraction of sp³-hybridized carbons (Fsp3) is 0.300. The summed E-state index contributed by atoms with van der Waals surface area (Å²) in [5.41, 5.74) is 0.623. The minimum absolute atomic E-state index is 0.139. The van der Waals surface area contributed by atoms with Crippen molar-refractivity contribution < 1.29 is 23.9 Å². The molecule has 0 N–H and O–H groups in total. The average Bonchev–Trinajstić information content (AvgIpc) is 3.26. The van der Waals surface area contributed by atoms with Gasteiger partial charge in [-0.2, -0.15) is 0 Å². The summed E-state index contributed by atoms with van der Waals surface area (Å²) in [5.74, 6) is -1.38. The molecule has 0 unspecified atom stereocenters. The van der Waals surface area contributed by atoms with Crippen LogP contribution in [-0.4, -0.2) is 41.6 Å². The second kappa shape index (κ2) is 7.84. The second-order valence-electron chi connectivity index (χ2n) is 6.68. The molecule has 0 fully saturated rings. The molecular weight excluding hydrogens is 366 g/mol. The standard InChI is InChI=1S/C20H19NO5S/c1-12(2)7-8-21-18(23)14-6-5-13(10-15(14)19(21)24)20(25)26-11-16(22)17-4-3-9-27-17/h3-6,9-10,12H,7-8,11H2,1-2H3. The first-order valence-electron chi connectivity index (χ1n) is 8.62. The van der Waals surface area contributed by atoms with E-state index in [9.17, 15) is 19.2 Å². The number of carbonyl (C=O) groups excluding carboxylic acids is 4. The quantitative estimate of drug-likeness (QED) is 0.414. The number of amides is 2. The summed E-state index contributed by atoms with van der Waals surface area (Å²) in [4.78, 5) is 50.8. The van der Waals surface area contributed by atoms with Gasteiger partial charge in [-0.25, -0.2) is 4.79 Å². The number of rotatable bonds is 7. The van der Waals surface area contributed by atoms with Crippen LogP contribution in [0.1, 0.15) is 61.0 Å². The third-order valence-electron chi connectivity index (χ3n) is 4.27. The summed E-state index contributed by atoms with van der Waals surface area (Å²) in [6.07, 6.45) is 0.713. The van der Waals surface area contributed by atoms with Crippen LogP contribution < -0.4 is 0 Å². The van der Waals surface area contributed by atoms with E-state index in [1.54, 1.807) is 17.5 Å². The van der Waals surface area contributed by atoms with E-state index in [2.05, 4.69) is 0 Å². The van der Waals surface area contributed by atoms with Crippen LogP contribution in [-0.2, 0) is 4.74 Å². The first kappa shape index (κ1) is 19.0. The molecule has 1 aliphatic rings. The number of carbonyl (C=O) groups is 4. The predicted octanol–water partition coefficient (Wildman–Crippen LogP) is 3.43. The molecule has 1 aromatic carbocycles. The number of ketones is 1. The second-order valence-corrected chi connectivity index (χ2v) is 7.63. The molecule has 0 atom stereocenters. The number of benzene rings is 1. The van der Waals surface area contributed by atoms with Gasteiger partial charge in [0.1, 0.15) is 0 Å².